The van der Waals surface area contributed by atoms with E-state index >= 15 is 0 Å². The van der Waals surface area contributed by atoms with E-state index in [4.69, 9.17) is 16.2 Å². The Balaban J connectivity index is 1.45. The van der Waals surface area contributed by atoms with Gasteiger partial charge in [-0.2, -0.15) is 0 Å². The molecule has 0 radical (unpaired) electrons. The number of primary amides is 1. The van der Waals surface area contributed by atoms with Crippen LogP contribution >= 0.6 is 0 Å². The third-order valence-corrected chi connectivity index (χ3v) is 8.14. The number of nitrogens with one attached hydrogen (secondary N) is 1. The van der Waals surface area contributed by atoms with Gasteiger partial charge in [0.15, 0.2) is 0 Å². The maximum absolute atomic E-state index is 13.4. The first kappa shape index (κ1) is 28.1. The summed E-state index contributed by atoms with van der Waals surface area (Å²) in [5, 5.41) is 12.3. The first-order valence-corrected chi connectivity index (χ1v) is 14.0. The average molecular weight is 577 g/mol. The van der Waals surface area contributed by atoms with Gasteiger partial charge >= 0.3 is 5.97 Å². The van der Waals surface area contributed by atoms with Crippen LogP contribution in [0.2, 0.25) is 0 Å². The largest absolute Gasteiger partial charge is 0.461 e. The van der Waals surface area contributed by atoms with Gasteiger partial charge in [-0.05, 0) is 72.9 Å². The van der Waals surface area contributed by atoms with Crippen molar-refractivity contribution in [2.45, 2.75) is 39.5 Å². The summed E-state index contributed by atoms with van der Waals surface area (Å²) in [7, 11) is 0. The number of rotatable bonds is 7. The second kappa shape index (κ2) is 10.7. The molecule has 0 bridgehead atoms. The average Bonchev–Trinajstić information content (AvgIpc) is 3.52. The number of hydrogen-bond acceptors (Lipinski definition) is 6. The zero-order chi connectivity index (χ0) is 30.6. The van der Waals surface area contributed by atoms with Crippen LogP contribution in [0.15, 0.2) is 66.7 Å². The Hall–Kier alpha value is -4.99. The number of amides is 2. The van der Waals surface area contributed by atoms with Crippen LogP contribution in [0.5, 0.6) is 0 Å². The van der Waals surface area contributed by atoms with E-state index in [1.807, 2.05) is 62.4 Å². The van der Waals surface area contributed by atoms with Gasteiger partial charge in [0, 0.05) is 27.5 Å². The van der Waals surface area contributed by atoms with Gasteiger partial charge in [0.2, 0.25) is 0 Å². The van der Waals surface area contributed by atoms with Gasteiger partial charge < -0.3 is 31.2 Å². The second-order valence-electron chi connectivity index (χ2n) is 11.1. The first-order valence-electron chi connectivity index (χ1n) is 14.0. The van der Waals surface area contributed by atoms with E-state index in [1.54, 1.807) is 23.1 Å². The number of nitrogens with two attached hydrogens (primary N) is 2. The molecule has 1 aliphatic heterocycles. The molecule has 9 nitrogen and oxygen atoms in total. The van der Waals surface area contributed by atoms with Crippen LogP contribution in [0.25, 0.3) is 32.9 Å². The molecule has 0 aliphatic carbocycles. The third-order valence-electron chi connectivity index (χ3n) is 8.14. The van der Waals surface area contributed by atoms with E-state index in [-0.39, 0.29) is 12.5 Å². The monoisotopic (exact) mass is 576 g/mol. The van der Waals surface area contributed by atoms with E-state index in [0.29, 0.717) is 28.7 Å². The van der Waals surface area contributed by atoms with Crippen molar-refractivity contribution < 1.29 is 24.2 Å². The van der Waals surface area contributed by atoms with Crippen molar-refractivity contribution in [3.63, 3.8) is 0 Å². The van der Waals surface area contributed by atoms with Crippen molar-refractivity contribution in [3.05, 3.63) is 100 Å². The summed E-state index contributed by atoms with van der Waals surface area (Å²) < 4.78 is 5.11. The molecule has 218 valence electrons. The number of nitrogens with zero attached hydrogens (tertiary/aromatic N) is 1. The standard InChI is InChI=1S/C34H32N4O5/c1-17-7-8-21-15-38(33(41)26(21)13-17)28-6-4-5-22(18(28)2)23-11-12-25(32(36)40)31-30(23)24-10-9-20(14-27(24)37-31)29(39)16-43-34(42)19(3)35/h4-14,19,29,37,39H,15-16,35H2,1-3H3,(H2,36,40). The Kier molecular flexibility index (Phi) is 7.00. The highest BCUT2D eigenvalue weighted by Crippen LogP contribution is 2.41. The molecule has 9 heteroatoms. The van der Waals surface area contributed by atoms with Crippen LogP contribution in [0, 0.1) is 13.8 Å². The van der Waals surface area contributed by atoms with Crippen LogP contribution in [-0.2, 0) is 16.1 Å². The lowest BCUT2D eigenvalue weighted by Gasteiger charge is -2.21. The topological polar surface area (TPSA) is 152 Å². The molecule has 1 aliphatic rings. The molecule has 0 saturated heterocycles. The van der Waals surface area contributed by atoms with Crippen molar-refractivity contribution >= 4 is 45.3 Å². The van der Waals surface area contributed by atoms with Gasteiger partial charge in [-0.15, -0.1) is 0 Å². The van der Waals surface area contributed by atoms with Crippen molar-refractivity contribution in [2.75, 3.05) is 11.5 Å². The van der Waals surface area contributed by atoms with E-state index in [9.17, 15) is 19.5 Å². The molecule has 2 atom stereocenters. The highest BCUT2D eigenvalue weighted by Gasteiger charge is 2.30. The van der Waals surface area contributed by atoms with E-state index in [1.165, 1.54) is 6.92 Å². The number of benzene rings is 4. The van der Waals surface area contributed by atoms with Crippen LogP contribution in [0.3, 0.4) is 0 Å². The molecule has 2 heterocycles. The fraction of sp³-hybridized carbons (Fsp3) is 0.206. The fourth-order valence-corrected chi connectivity index (χ4v) is 5.87. The minimum absolute atomic E-state index is 0.0297. The number of H-pyrrole nitrogens is 1. The van der Waals surface area contributed by atoms with E-state index < -0.39 is 24.0 Å². The summed E-state index contributed by atoms with van der Waals surface area (Å²) in [6.07, 6.45) is -1.07. The number of hydrogen-bond donors (Lipinski definition) is 4. The van der Waals surface area contributed by atoms with Gasteiger partial charge in [-0.3, -0.25) is 14.4 Å². The summed E-state index contributed by atoms with van der Waals surface area (Å²) in [4.78, 5) is 42.8. The number of ether oxygens (including phenoxy) is 1. The van der Waals surface area contributed by atoms with E-state index in [2.05, 4.69) is 4.98 Å². The smallest absolute Gasteiger partial charge is 0.322 e. The molecule has 4 aromatic carbocycles. The lowest BCUT2D eigenvalue weighted by atomic mass is 9.93. The number of carbonyl (C=O) groups is 3. The number of fused-ring (bicyclic) bond motifs is 4. The predicted molar refractivity (Wildman–Crippen MR) is 166 cm³/mol. The quantitative estimate of drug-likeness (QED) is 0.205. The van der Waals surface area contributed by atoms with Crippen molar-refractivity contribution in [1.82, 2.24) is 4.98 Å². The molecule has 1 aromatic heterocycles. The Morgan fingerprint density at radius 1 is 1.02 bits per heavy atom. The number of carbonyl (C=O) groups excluding carboxylic acids is 3. The Labute approximate surface area is 248 Å². The minimum atomic E-state index is -1.07. The maximum Gasteiger partial charge on any atom is 0.322 e. The Morgan fingerprint density at radius 3 is 2.56 bits per heavy atom. The van der Waals surface area contributed by atoms with Gasteiger partial charge in [0.25, 0.3) is 11.8 Å². The molecule has 2 amide bonds. The maximum atomic E-state index is 13.4. The zero-order valence-corrected chi connectivity index (χ0v) is 24.1. The fourth-order valence-electron chi connectivity index (χ4n) is 5.87. The van der Waals surface area contributed by atoms with Crippen molar-refractivity contribution in [2.24, 2.45) is 11.5 Å². The Bertz CT molecular complexity index is 1960. The predicted octanol–water partition coefficient (Wildman–Crippen LogP) is 4.79. The number of aryl methyl sites for hydroxylation is 1. The normalized spacial score (nSPS) is 14.3. The molecule has 6 N–H and O–H groups in total. The molecule has 5 aromatic rings. The molecule has 43 heavy (non-hydrogen) atoms. The summed E-state index contributed by atoms with van der Waals surface area (Å²) in [6.45, 7) is 5.73. The molecule has 0 saturated carbocycles. The van der Waals surface area contributed by atoms with Gasteiger partial charge in [0.05, 0.1) is 17.6 Å². The number of aromatic nitrogens is 1. The highest BCUT2D eigenvalue weighted by atomic mass is 16.5. The second-order valence-corrected chi connectivity index (χ2v) is 11.1. The summed E-state index contributed by atoms with van der Waals surface area (Å²) in [6, 6.07) is 20.0. The molecule has 2 unspecified atom stereocenters. The number of anilines is 1. The molecule has 0 spiro atoms. The summed E-state index contributed by atoms with van der Waals surface area (Å²) in [5.41, 5.74) is 19.7. The number of aliphatic hydroxyl groups is 1. The van der Waals surface area contributed by atoms with Crippen LogP contribution in [-0.4, -0.2) is 40.5 Å². The summed E-state index contributed by atoms with van der Waals surface area (Å²) >= 11 is 0. The highest BCUT2D eigenvalue weighted by molar-refractivity contribution is 6.20. The molecule has 6 rings (SSSR count). The molecular formula is C34H32N4O5. The minimum Gasteiger partial charge on any atom is -0.461 e. The van der Waals surface area contributed by atoms with Crippen LogP contribution in [0.1, 0.15) is 56.0 Å². The number of aliphatic hydroxyl groups excluding tert-OH is 1. The lowest BCUT2D eigenvalue weighted by molar-refractivity contribution is -0.147. The lowest BCUT2D eigenvalue weighted by Crippen LogP contribution is -2.29. The van der Waals surface area contributed by atoms with E-state index in [0.717, 1.165) is 49.8 Å². The van der Waals surface area contributed by atoms with Gasteiger partial charge in [0.1, 0.15) is 18.8 Å². The number of esters is 1. The SMILES string of the molecule is Cc1ccc2c(c1)C(=O)N(c1cccc(-c3ccc(C(N)=O)c4[nH]c5cc(C(O)COC(=O)C(C)N)ccc5c34)c1C)C2. The van der Waals surface area contributed by atoms with Gasteiger partial charge in [-0.25, -0.2) is 0 Å². The van der Waals surface area contributed by atoms with Crippen LogP contribution < -0.4 is 16.4 Å². The summed E-state index contributed by atoms with van der Waals surface area (Å²) in [5.74, 6) is -1.21. The third kappa shape index (κ3) is 4.82. The van der Waals surface area contributed by atoms with Crippen molar-refractivity contribution in [1.29, 1.82) is 0 Å². The molecule has 0 fully saturated rings. The van der Waals surface area contributed by atoms with Gasteiger partial charge in [-0.1, -0.05) is 48.0 Å². The first-order chi connectivity index (χ1) is 20.5. The number of aromatic amines is 1. The van der Waals surface area contributed by atoms with Crippen LogP contribution in [0.4, 0.5) is 5.69 Å². The van der Waals surface area contributed by atoms with Crippen molar-refractivity contribution in [3.8, 4) is 11.1 Å². The molecular weight excluding hydrogens is 544 g/mol. The Morgan fingerprint density at radius 2 is 1.81 bits per heavy atom. The zero-order valence-electron chi connectivity index (χ0n) is 24.1.